The molecule has 3 nitrogen and oxygen atoms in total. The Labute approximate surface area is 118 Å². The first-order chi connectivity index (χ1) is 9.29. The van der Waals surface area contributed by atoms with Crippen LogP contribution in [-0.2, 0) is 0 Å². The summed E-state index contributed by atoms with van der Waals surface area (Å²) >= 11 is 1.60. The number of aryl methyl sites for hydroxylation is 1. The van der Waals surface area contributed by atoms with Crippen molar-refractivity contribution in [1.29, 1.82) is 0 Å². The average molecular weight is 274 g/mol. The van der Waals surface area contributed by atoms with Crippen LogP contribution in [0.1, 0.15) is 24.8 Å². The van der Waals surface area contributed by atoms with Crippen LogP contribution in [0.2, 0.25) is 0 Å². The van der Waals surface area contributed by atoms with E-state index in [0.29, 0.717) is 6.61 Å². The van der Waals surface area contributed by atoms with Gasteiger partial charge < -0.3 is 4.74 Å². The fourth-order valence-corrected chi connectivity index (χ4v) is 2.30. The largest absolute Gasteiger partial charge is 0.490 e. The van der Waals surface area contributed by atoms with Gasteiger partial charge in [0.15, 0.2) is 0 Å². The van der Waals surface area contributed by atoms with Gasteiger partial charge in [0.1, 0.15) is 22.4 Å². The van der Waals surface area contributed by atoms with E-state index in [-0.39, 0.29) is 0 Å². The third kappa shape index (κ3) is 4.17. The van der Waals surface area contributed by atoms with Crippen LogP contribution >= 0.6 is 11.3 Å². The van der Waals surface area contributed by atoms with Crippen LogP contribution in [0.5, 0.6) is 5.75 Å². The van der Waals surface area contributed by atoms with Gasteiger partial charge >= 0.3 is 0 Å². The number of ether oxygens (including phenoxy) is 1. The van der Waals surface area contributed by atoms with E-state index in [2.05, 4.69) is 29.3 Å². The van der Waals surface area contributed by atoms with E-state index in [9.17, 15) is 0 Å². The molecule has 0 bridgehead atoms. The van der Waals surface area contributed by atoms with E-state index in [1.54, 1.807) is 11.3 Å². The lowest BCUT2D eigenvalue weighted by atomic mass is 10.2. The smallest absolute Gasteiger partial charge is 0.147 e. The maximum absolute atomic E-state index is 5.63. The van der Waals surface area contributed by atoms with Crippen molar-refractivity contribution in [1.82, 2.24) is 10.2 Å². The summed E-state index contributed by atoms with van der Waals surface area (Å²) in [5.74, 6) is 0.881. The number of hydrogen-bond acceptors (Lipinski definition) is 4. The highest BCUT2D eigenvalue weighted by Gasteiger charge is 2.03. The van der Waals surface area contributed by atoms with Gasteiger partial charge in [0, 0.05) is 5.56 Å². The molecule has 0 saturated heterocycles. The van der Waals surface area contributed by atoms with E-state index < -0.39 is 0 Å². The van der Waals surface area contributed by atoms with Crippen LogP contribution in [-0.4, -0.2) is 16.8 Å². The first-order valence-electron chi connectivity index (χ1n) is 6.48. The quantitative estimate of drug-likeness (QED) is 0.739. The zero-order valence-corrected chi connectivity index (χ0v) is 12.1. The SMILES string of the molecule is CCC/C=C/COc1ccc(-c2nnc(C)s2)cc1. The summed E-state index contributed by atoms with van der Waals surface area (Å²) in [6, 6.07) is 7.98. The molecule has 0 N–H and O–H groups in total. The van der Waals surface area contributed by atoms with Gasteiger partial charge in [0.2, 0.25) is 0 Å². The molecule has 0 aliphatic rings. The Balaban J connectivity index is 1.91. The fourth-order valence-electron chi connectivity index (χ4n) is 1.60. The third-order valence-electron chi connectivity index (χ3n) is 2.60. The fraction of sp³-hybridized carbons (Fsp3) is 0.333. The molecule has 100 valence electrons. The van der Waals surface area contributed by atoms with Gasteiger partial charge in [-0.3, -0.25) is 0 Å². The molecule has 0 radical (unpaired) electrons. The number of benzene rings is 1. The monoisotopic (exact) mass is 274 g/mol. The van der Waals surface area contributed by atoms with Crippen LogP contribution in [0.25, 0.3) is 10.6 Å². The summed E-state index contributed by atoms with van der Waals surface area (Å²) < 4.78 is 5.63. The Bertz CT molecular complexity index is 531. The lowest BCUT2D eigenvalue weighted by Gasteiger charge is -2.03. The van der Waals surface area contributed by atoms with E-state index in [4.69, 9.17) is 4.74 Å². The number of rotatable bonds is 6. The second-order valence-electron chi connectivity index (χ2n) is 4.22. The number of nitrogens with zero attached hydrogens (tertiary/aromatic N) is 2. The molecule has 0 atom stereocenters. The minimum Gasteiger partial charge on any atom is -0.490 e. The van der Waals surface area contributed by atoms with E-state index in [1.165, 1.54) is 6.42 Å². The van der Waals surface area contributed by atoms with Crippen molar-refractivity contribution in [3.05, 3.63) is 41.4 Å². The molecule has 4 heteroatoms. The predicted octanol–water partition coefficient (Wildman–Crippen LogP) is 4.25. The Kier molecular flexibility index (Phi) is 5.10. The number of hydrogen-bond donors (Lipinski definition) is 0. The standard InChI is InChI=1S/C15H18N2OS/c1-3-4-5-6-11-18-14-9-7-13(8-10-14)15-17-16-12(2)19-15/h5-10H,3-4,11H2,1-2H3/b6-5+. The second kappa shape index (κ2) is 7.04. The molecule has 1 heterocycles. The predicted molar refractivity (Wildman–Crippen MR) is 79.6 cm³/mol. The van der Waals surface area contributed by atoms with Crippen molar-refractivity contribution in [3.8, 4) is 16.3 Å². The Morgan fingerprint density at radius 2 is 1.95 bits per heavy atom. The van der Waals surface area contributed by atoms with Crippen LogP contribution < -0.4 is 4.74 Å². The Morgan fingerprint density at radius 1 is 1.16 bits per heavy atom. The minimum atomic E-state index is 0.622. The van der Waals surface area contributed by atoms with Crippen molar-refractivity contribution in [2.75, 3.05) is 6.61 Å². The van der Waals surface area contributed by atoms with Crippen molar-refractivity contribution in [3.63, 3.8) is 0 Å². The molecule has 2 aromatic rings. The Hall–Kier alpha value is -1.68. The molecule has 1 aromatic carbocycles. The molecular formula is C15H18N2OS. The first kappa shape index (κ1) is 13.7. The van der Waals surface area contributed by atoms with Crippen molar-refractivity contribution >= 4 is 11.3 Å². The summed E-state index contributed by atoms with van der Waals surface area (Å²) in [5, 5.41) is 10.1. The van der Waals surface area contributed by atoms with Gasteiger partial charge in [-0.05, 0) is 37.6 Å². The average Bonchev–Trinajstić information content (AvgIpc) is 2.86. The lowest BCUT2D eigenvalue weighted by Crippen LogP contribution is -1.92. The molecule has 0 amide bonds. The molecule has 1 aromatic heterocycles. The molecule has 0 fully saturated rings. The van der Waals surface area contributed by atoms with E-state index in [0.717, 1.165) is 27.7 Å². The van der Waals surface area contributed by atoms with Crippen LogP contribution in [0.4, 0.5) is 0 Å². The maximum Gasteiger partial charge on any atom is 0.147 e. The van der Waals surface area contributed by atoms with Gasteiger partial charge in [-0.1, -0.05) is 36.8 Å². The molecule has 2 rings (SSSR count). The van der Waals surface area contributed by atoms with E-state index >= 15 is 0 Å². The topological polar surface area (TPSA) is 35.0 Å². The number of unbranched alkanes of at least 4 members (excludes halogenated alkanes) is 1. The highest BCUT2D eigenvalue weighted by Crippen LogP contribution is 2.25. The summed E-state index contributed by atoms with van der Waals surface area (Å²) in [6.07, 6.45) is 6.50. The molecule has 0 aliphatic heterocycles. The van der Waals surface area contributed by atoms with Crippen LogP contribution in [0.3, 0.4) is 0 Å². The normalized spacial score (nSPS) is 11.1. The zero-order chi connectivity index (χ0) is 13.5. The Morgan fingerprint density at radius 3 is 2.58 bits per heavy atom. The molecule has 0 spiro atoms. The number of allylic oxidation sites excluding steroid dienone is 1. The van der Waals surface area contributed by atoms with Crippen molar-refractivity contribution < 1.29 is 4.74 Å². The van der Waals surface area contributed by atoms with Crippen molar-refractivity contribution in [2.45, 2.75) is 26.7 Å². The van der Waals surface area contributed by atoms with E-state index in [1.807, 2.05) is 31.2 Å². The second-order valence-corrected chi connectivity index (χ2v) is 5.40. The summed E-state index contributed by atoms with van der Waals surface area (Å²) in [7, 11) is 0. The zero-order valence-electron chi connectivity index (χ0n) is 11.3. The summed E-state index contributed by atoms with van der Waals surface area (Å²) in [6.45, 7) is 4.75. The van der Waals surface area contributed by atoms with Gasteiger partial charge in [0.05, 0.1) is 0 Å². The molecule has 0 aliphatic carbocycles. The van der Waals surface area contributed by atoms with Crippen LogP contribution in [0, 0.1) is 6.92 Å². The molecule has 0 saturated carbocycles. The molecular weight excluding hydrogens is 256 g/mol. The van der Waals surface area contributed by atoms with Gasteiger partial charge in [0.25, 0.3) is 0 Å². The van der Waals surface area contributed by atoms with Gasteiger partial charge in [-0.2, -0.15) is 0 Å². The van der Waals surface area contributed by atoms with Crippen LogP contribution in [0.15, 0.2) is 36.4 Å². The number of aromatic nitrogens is 2. The van der Waals surface area contributed by atoms with Gasteiger partial charge in [-0.25, -0.2) is 0 Å². The highest BCUT2D eigenvalue weighted by molar-refractivity contribution is 7.14. The van der Waals surface area contributed by atoms with Gasteiger partial charge in [-0.15, -0.1) is 10.2 Å². The first-order valence-corrected chi connectivity index (χ1v) is 7.29. The molecule has 0 unspecified atom stereocenters. The summed E-state index contributed by atoms with van der Waals surface area (Å²) in [4.78, 5) is 0. The lowest BCUT2D eigenvalue weighted by molar-refractivity contribution is 0.362. The maximum atomic E-state index is 5.63. The third-order valence-corrected chi connectivity index (χ3v) is 3.48. The summed E-state index contributed by atoms with van der Waals surface area (Å²) in [5.41, 5.74) is 1.08. The molecule has 19 heavy (non-hydrogen) atoms. The highest BCUT2D eigenvalue weighted by atomic mass is 32.1. The van der Waals surface area contributed by atoms with Crippen molar-refractivity contribution in [2.24, 2.45) is 0 Å². The minimum absolute atomic E-state index is 0.622.